The van der Waals surface area contributed by atoms with Crippen molar-refractivity contribution in [3.05, 3.63) is 270 Å². The normalized spacial score (nSPS) is 12.5. The second-order valence-corrected chi connectivity index (χ2v) is 20.3. The van der Waals surface area contributed by atoms with E-state index in [0.717, 1.165) is 133 Å². The largest absolute Gasteiger partial charge is 0.289 e. The molecular formula is C72H39BN3O3. The first-order chi connectivity index (χ1) is 38.5. The Morgan fingerprint density at radius 2 is 0.443 bits per heavy atom. The molecule has 3 aliphatic carbocycles. The van der Waals surface area contributed by atoms with Crippen LogP contribution >= 0.6 is 0 Å². The Hall–Kier alpha value is -10.5. The fourth-order valence-corrected chi connectivity index (χ4v) is 12.8. The maximum absolute atomic E-state index is 14.1. The van der Waals surface area contributed by atoms with Crippen LogP contribution in [-0.4, -0.2) is 40.7 Å². The van der Waals surface area contributed by atoms with Gasteiger partial charge in [0.15, 0.2) is 17.3 Å². The van der Waals surface area contributed by atoms with E-state index in [1.54, 1.807) is 0 Å². The number of aromatic nitrogens is 3. The third-order valence-electron chi connectivity index (χ3n) is 16.3. The Bertz CT molecular complexity index is 4390. The van der Waals surface area contributed by atoms with Crippen molar-refractivity contribution in [3.8, 4) is 101 Å². The van der Waals surface area contributed by atoms with E-state index in [1.165, 1.54) is 0 Å². The fraction of sp³-hybridized carbons (Fsp3) is 0. The monoisotopic (exact) mass is 1000 g/mol. The average molecular weight is 1000 g/mol. The molecule has 16 rings (SSSR count). The predicted octanol–water partition coefficient (Wildman–Crippen LogP) is 16.6. The van der Waals surface area contributed by atoms with Gasteiger partial charge in [-0.2, -0.15) is 0 Å². The van der Waals surface area contributed by atoms with Crippen molar-refractivity contribution in [2.24, 2.45) is 0 Å². The minimum atomic E-state index is -0.00421. The zero-order valence-electron chi connectivity index (χ0n) is 42.2. The smallest absolute Gasteiger partial charge is 0.194 e. The summed E-state index contributed by atoms with van der Waals surface area (Å²) in [5.41, 5.74) is 20.4. The van der Waals surface area contributed by atoms with Gasteiger partial charge in [0.05, 0.1) is 17.1 Å². The topological polar surface area (TPSA) is 89.9 Å². The summed E-state index contributed by atoms with van der Waals surface area (Å²) in [6.45, 7) is 0. The van der Waals surface area contributed by atoms with Crippen LogP contribution in [0.4, 0.5) is 0 Å². The summed E-state index contributed by atoms with van der Waals surface area (Å²) in [5.74, 6) is -0.0126. The molecule has 363 valence electrons. The van der Waals surface area contributed by atoms with E-state index in [2.05, 4.69) is 109 Å². The first kappa shape index (κ1) is 45.9. The molecule has 3 aliphatic rings. The van der Waals surface area contributed by atoms with Crippen molar-refractivity contribution < 1.29 is 14.4 Å². The highest BCUT2D eigenvalue weighted by atomic mass is 16.1. The van der Waals surface area contributed by atoms with Crippen molar-refractivity contribution in [2.45, 2.75) is 0 Å². The Morgan fingerprint density at radius 1 is 0.215 bits per heavy atom. The molecule has 13 aromatic rings. The molecule has 0 fully saturated rings. The molecule has 0 N–H and O–H groups in total. The molecule has 0 unspecified atom stereocenters. The molecule has 0 saturated carbocycles. The number of rotatable bonds is 6. The lowest BCUT2D eigenvalue weighted by molar-refractivity contribution is 0.103. The van der Waals surface area contributed by atoms with E-state index in [-0.39, 0.29) is 25.8 Å². The molecule has 0 bridgehead atoms. The Morgan fingerprint density at radius 3 is 0.722 bits per heavy atom. The van der Waals surface area contributed by atoms with Crippen LogP contribution in [0.15, 0.2) is 237 Å². The minimum absolute atomic E-state index is 0. The standard InChI is InChI=1S/C72H39N3O3.B/c76-70-55-25-10-7-22-52(55)67-64-49(28-13-31-58(64)70)61(37-73-67)46-19-4-1-16-43(46)40-34-41(44-17-2-5-20-47(44)62-38-74-68-53-23-8-11-26-56(53)71(77)59-32-14-29-50(62)65(59)68)36-42(35-40)45-18-3-6-21-48(45)63-39-75-69-54-24-9-12-27-57(54)72(78)60-33-15-30-51(63)66(60)69;/h1-39H;. The number of nitrogens with zero attached hydrogens (tertiary/aromatic N) is 3. The molecule has 7 heteroatoms. The molecule has 3 aromatic heterocycles. The van der Waals surface area contributed by atoms with Crippen LogP contribution in [0, 0.1) is 0 Å². The number of hydrogen-bond donors (Lipinski definition) is 0. The lowest BCUT2D eigenvalue weighted by Gasteiger charge is -2.22. The Labute approximate surface area is 456 Å². The van der Waals surface area contributed by atoms with Gasteiger partial charge < -0.3 is 0 Å². The average Bonchev–Trinajstić information content (AvgIpc) is 3.65. The summed E-state index contributed by atoms with van der Waals surface area (Å²) in [6, 6.07) is 73.4. The third kappa shape index (κ3) is 6.66. The van der Waals surface area contributed by atoms with Crippen molar-refractivity contribution in [1.29, 1.82) is 0 Å². The van der Waals surface area contributed by atoms with Crippen LogP contribution in [0.2, 0.25) is 0 Å². The summed E-state index contributed by atoms with van der Waals surface area (Å²) in [5, 5.41) is 5.41. The number of carbonyl (C=O) groups is 3. The van der Waals surface area contributed by atoms with Crippen LogP contribution in [0.5, 0.6) is 0 Å². The number of hydrogen-bond acceptors (Lipinski definition) is 6. The van der Waals surface area contributed by atoms with E-state index in [9.17, 15) is 14.4 Å². The van der Waals surface area contributed by atoms with Gasteiger partial charge in [-0.1, -0.05) is 200 Å². The lowest BCUT2D eigenvalue weighted by Crippen LogP contribution is -2.11. The number of carbonyl (C=O) groups excluding carboxylic acids is 3. The second kappa shape index (κ2) is 17.5. The molecular weight excluding hydrogens is 966 g/mol. The van der Waals surface area contributed by atoms with E-state index >= 15 is 0 Å². The number of pyridine rings is 3. The van der Waals surface area contributed by atoms with Crippen molar-refractivity contribution in [3.63, 3.8) is 0 Å². The summed E-state index contributed by atoms with van der Waals surface area (Å²) in [7, 11) is 0. The molecule has 3 radical (unpaired) electrons. The predicted molar refractivity (Wildman–Crippen MR) is 317 cm³/mol. The van der Waals surface area contributed by atoms with Crippen molar-refractivity contribution in [1.82, 2.24) is 15.0 Å². The molecule has 10 aromatic carbocycles. The molecule has 79 heavy (non-hydrogen) atoms. The molecule has 0 amide bonds. The van der Waals surface area contributed by atoms with Gasteiger partial charge in [0.2, 0.25) is 0 Å². The fourth-order valence-electron chi connectivity index (χ4n) is 12.8. The summed E-state index contributed by atoms with van der Waals surface area (Å²) < 4.78 is 0. The minimum Gasteiger partial charge on any atom is -0.289 e. The third-order valence-corrected chi connectivity index (χ3v) is 16.3. The van der Waals surface area contributed by atoms with E-state index in [0.29, 0.717) is 33.4 Å². The van der Waals surface area contributed by atoms with Gasteiger partial charge in [-0.05, 0) is 84.4 Å². The summed E-state index contributed by atoms with van der Waals surface area (Å²) >= 11 is 0. The zero-order chi connectivity index (χ0) is 51.8. The molecule has 0 saturated heterocycles. The van der Waals surface area contributed by atoms with Gasteiger partial charge >= 0.3 is 0 Å². The number of benzene rings is 10. The number of ketones is 3. The second-order valence-electron chi connectivity index (χ2n) is 20.3. The SMILES string of the molecule is O=C1c2ccccc2-c2ncc(-c3ccccc3-c3cc(-c4ccccc4-c4cnc5c6c(cccc46)C(=O)c4ccccc4-5)cc(-c4ccccc4-c4cnc5c6c(cccc46)C(=O)c4ccccc4-5)c3)c3cccc1c23.[B]. The van der Waals surface area contributed by atoms with Crippen LogP contribution in [0.3, 0.4) is 0 Å². The molecule has 0 spiro atoms. The Kier molecular flexibility index (Phi) is 10.2. The van der Waals surface area contributed by atoms with Crippen LogP contribution in [0.1, 0.15) is 47.8 Å². The summed E-state index contributed by atoms with van der Waals surface area (Å²) in [4.78, 5) is 57.9. The van der Waals surface area contributed by atoms with Gasteiger partial charge in [-0.15, -0.1) is 0 Å². The van der Waals surface area contributed by atoms with Crippen molar-refractivity contribution in [2.75, 3.05) is 0 Å². The summed E-state index contributed by atoms with van der Waals surface area (Å²) in [6.07, 6.45) is 5.89. The van der Waals surface area contributed by atoms with E-state index < -0.39 is 0 Å². The quantitative estimate of drug-likeness (QED) is 0.154. The highest BCUT2D eigenvalue weighted by Crippen LogP contribution is 2.49. The van der Waals surface area contributed by atoms with E-state index in [4.69, 9.17) is 15.0 Å². The van der Waals surface area contributed by atoms with Gasteiger partial charge in [0.25, 0.3) is 0 Å². The van der Waals surface area contributed by atoms with Gasteiger partial charge in [0.1, 0.15) is 0 Å². The maximum Gasteiger partial charge on any atom is 0.194 e. The molecule has 0 aliphatic heterocycles. The van der Waals surface area contributed by atoms with E-state index in [1.807, 2.05) is 128 Å². The highest BCUT2D eigenvalue weighted by Gasteiger charge is 2.31. The Balaban J connectivity index is 0.00000541. The molecule has 6 nitrogen and oxygen atoms in total. The highest BCUT2D eigenvalue weighted by molar-refractivity contribution is 6.29. The van der Waals surface area contributed by atoms with Gasteiger partial charge in [-0.25, -0.2) is 0 Å². The molecule has 0 atom stereocenters. The van der Waals surface area contributed by atoms with Crippen LogP contribution in [-0.2, 0) is 0 Å². The first-order valence-corrected chi connectivity index (χ1v) is 26.1. The number of fused-ring (bicyclic) bond motifs is 6. The van der Waals surface area contributed by atoms with Gasteiger partial charge in [0, 0.05) is 110 Å². The zero-order valence-corrected chi connectivity index (χ0v) is 42.2. The maximum atomic E-state index is 14.1. The lowest BCUT2D eigenvalue weighted by atomic mass is 9.82. The van der Waals surface area contributed by atoms with Crippen molar-refractivity contribution >= 4 is 58.1 Å². The van der Waals surface area contributed by atoms with Crippen LogP contribution < -0.4 is 0 Å². The molecule has 3 heterocycles. The van der Waals surface area contributed by atoms with Crippen LogP contribution in [0.25, 0.3) is 133 Å². The van der Waals surface area contributed by atoms with Gasteiger partial charge in [-0.3, -0.25) is 29.3 Å². The first-order valence-electron chi connectivity index (χ1n) is 26.1.